The fourth-order valence-electron chi connectivity index (χ4n) is 1.27. The molecule has 0 spiro atoms. The van der Waals surface area contributed by atoms with Crippen LogP contribution in [0.25, 0.3) is 5.69 Å². The van der Waals surface area contributed by atoms with Gasteiger partial charge in [-0.05, 0) is 12.1 Å². The van der Waals surface area contributed by atoms with E-state index < -0.39 is 10.9 Å². The summed E-state index contributed by atoms with van der Waals surface area (Å²) in [7, 11) is 0. The van der Waals surface area contributed by atoms with Gasteiger partial charge < -0.3 is 5.11 Å². The lowest BCUT2D eigenvalue weighted by Gasteiger charge is -2.00. The normalized spacial score (nSPS) is 10.3. The second-order valence-corrected chi connectivity index (χ2v) is 3.65. The highest BCUT2D eigenvalue weighted by Crippen LogP contribution is 2.26. The number of aromatic nitrogens is 3. The van der Waals surface area contributed by atoms with Gasteiger partial charge >= 0.3 is 5.97 Å². The maximum Gasteiger partial charge on any atom is 0.358 e. The minimum absolute atomic E-state index is 0.0649. The van der Waals surface area contributed by atoms with E-state index in [0.29, 0.717) is 5.69 Å². The minimum atomic E-state index is -1.21. The van der Waals surface area contributed by atoms with Crippen LogP contribution < -0.4 is 0 Å². The van der Waals surface area contributed by atoms with Crippen molar-refractivity contribution >= 4 is 23.3 Å². The van der Waals surface area contributed by atoms with Crippen LogP contribution in [0.15, 0.2) is 24.4 Å². The number of carbonyl (C=O) groups is 1. The first kappa shape index (κ1) is 12.0. The number of halogens is 1. The summed E-state index contributed by atoms with van der Waals surface area (Å²) < 4.78 is 1.17. The Labute approximate surface area is 105 Å². The van der Waals surface area contributed by atoms with Crippen molar-refractivity contribution in [2.75, 3.05) is 0 Å². The largest absolute Gasteiger partial charge is 0.476 e. The van der Waals surface area contributed by atoms with Crippen molar-refractivity contribution in [1.29, 1.82) is 0 Å². The van der Waals surface area contributed by atoms with E-state index in [2.05, 4.69) is 10.3 Å². The van der Waals surface area contributed by atoms with Crippen molar-refractivity contribution in [1.82, 2.24) is 15.0 Å². The molecule has 92 valence electrons. The molecule has 0 unspecified atom stereocenters. The smallest absolute Gasteiger partial charge is 0.358 e. The molecule has 1 aromatic carbocycles. The lowest BCUT2D eigenvalue weighted by molar-refractivity contribution is -0.384. The lowest BCUT2D eigenvalue weighted by atomic mass is 10.3. The van der Waals surface area contributed by atoms with E-state index in [0.717, 1.165) is 0 Å². The second-order valence-electron chi connectivity index (χ2n) is 3.25. The fraction of sp³-hybridized carbons (Fsp3) is 0. The van der Waals surface area contributed by atoms with Crippen LogP contribution in [0.2, 0.25) is 5.02 Å². The van der Waals surface area contributed by atoms with Gasteiger partial charge in [0.15, 0.2) is 5.69 Å². The molecular formula is C9H5ClN4O4. The Bertz CT molecular complexity index is 639. The maximum atomic E-state index is 10.6. The quantitative estimate of drug-likeness (QED) is 0.667. The van der Waals surface area contributed by atoms with Crippen LogP contribution in [-0.2, 0) is 0 Å². The number of nitrogens with zero attached hydrogens (tertiary/aromatic N) is 4. The molecule has 0 fully saturated rings. The number of carboxylic acid groups (broad SMARTS) is 1. The lowest BCUT2D eigenvalue weighted by Crippen LogP contribution is -1.97. The number of rotatable bonds is 3. The summed E-state index contributed by atoms with van der Waals surface area (Å²) in [6.45, 7) is 0. The third kappa shape index (κ3) is 2.13. The Morgan fingerprint density at radius 1 is 1.50 bits per heavy atom. The SMILES string of the molecule is O=C(O)c1cn(-c2ccc([N+](=O)[O-])c(Cl)c2)nn1. The van der Waals surface area contributed by atoms with Crippen molar-refractivity contribution in [2.45, 2.75) is 0 Å². The van der Waals surface area contributed by atoms with Gasteiger partial charge in [0.2, 0.25) is 0 Å². The van der Waals surface area contributed by atoms with Gasteiger partial charge in [-0.2, -0.15) is 0 Å². The van der Waals surface area contributed by atoms with Gasteiger partial charge in [-0.3, -0.25) is 10.1 Å². The molecule has 0 atom stereocenters. The molecule has 0 aliphatic carbocycles. The summed E-state index contributed by atoms with van der Waals surface area (Å²) in [5.41, 5.74) is -0.0888. The molecule has 1 heterocycles. The first-order chi connectivity index (χ1) is 8.49. The molecule has 0 radical (unpaired) electrons. The van der Waals surface area contributed by atoms with Crippen LogP contribution in [0, 0.1) is 10.1 Å². The molecule has 0 bridgehead atoms. The van der Waals surface area contributed by atoms with Gasteiger partial charge in [-0.15, -0.1) is 5.10 Å². The Morgan fingerprint density at radius 3 is 2.72 bits per heavy atom. The topological polar surface area (TPSA) is 111 Å². The first-order valence-corrected chi connectivity index (χ1v) is 4.97. The highest BCUT2D eigenvalue weighted by molar-refractivity contribution is 6.32. The summed E-state index contributed by atoms with van der Waals surface area (Å²) >= 11 is 5.72. The average molecular weight is 269 g/mol. The van der Waals surface area contributed by atoms with E-state index in [9.17, 15) is 14.9 Å². The van der Waals surface area contributed by atoms with Gasteiger partial charge in [0.1, 0.15) is 5.02 Å². The second kappa shape index (κ2) is 4.41. The van der Waals surface area contributed by atoms with Crippen LogP contribution in [0.3, 0.4) is 0 Å². The Hall–Kier alpha value is -2.48. The van der Waals surface area contributed by atoms with Crippen molar-refractivity contribution < 1.29 is 14.8 Å². The van der Waals surface area contributed by atoms with Crippen LogP contribution in [0.5, 0.6) is 0 Å². The third-order valence-electron chi connectivity index (χ3n) is 2.11. The number of benzene rings is 1. The molecule has 18 heavy (non-hydrogen) atoms. The average Bonchev–Trinajstić information content (AvgIpc) is 2.77. The molecule has 0 aliphatic heterocycles. The monoisotopic (exact) mass is 268 g/mol. The van der Waals surface area contributed by atoms with Gasteiger partial charge in [-0.25, -0.2) is 9.48 Å². The van der Waals surface area contributed by atoms with E-state index in [4.69, 9.17) is 16.7 Å². The van der Waals surface area contributed by atoms with Gasteiger partial charge in [0, 0.05) is 6.07 Å². The Kier molecular flexibility index (Phi) is 2.94. The van der Waals surface area contributed by atoms with Crippen molar-refractivity contribution in [3.63, 3.8) is 0 Å². The van der Waals surface area contributed by atoms with Gasteiger partial charge in [0.05, 0.1) is 16.8 Å². The van der Waals surface area contributed by atoms with Crippen molar-refractivity contribution in [3.8, 4) is 5.69 Å². The molecule has 1 N–H and O–H groups in total. The predicted octanol–water partition coefficient (Wildman–Crippen LogP) is 1.53. The fourth-order valence-corrected chi connectivity index (χ4v) is 1.52. The molecule has 9 heteroatoms. The van der Waals surface area contributed by atoms with E-state index >= 15 is 0 Å². The summed E-state index contributed by atoms with van der Waals surface area (Å²) in [4.78, 5) is 20.6. The van der Waals surface area contributed by atoms with E-state index in [1.807, 2.05) is 0 Å². The van der Waals surface area contributed by atoms with Gasteiger partial charge in [-0.1, -0.05) is 16.8 Å². The van der Waals surface area contributed by atoms with Crippen LogP contribution >= 0.6 is 11.6 Å². The molecule has 2 rings (SSSR count). The maximum absolute atomic E-state index is 10.6. The molecule has 8 nitrogen and oxygen atoms in total. The number of aromatic carboxylic acids is 1. The zero-order valence-electron chi connectivity index (χ0n) is 8.65. The number of hydrogen-bond donors (Lipinski definition) is 1. The van der Waals surface area contributed by atoms with Crippen molar-refractivity contribution in [2.24, 2.45) is 0 Å². The van der Waals surface area contributed by atoms with Crippen molar-refractivity contribution in [3.05, 3.63) is 45.2 Å². The molecule has 2 aromatic rings. The highest BCUT2D eigenvalue weighted by Gasteiger charge is 2.14. The van der Waals surface area contributed by atoms with Crippen LogP contribution in [0.4, 0.5) is 5.69 Å². The Balaban J connectivity index is 2.42. The third-order valence-corrected chi connectivity index (χ3v) is 2.41. The zero-order chi connectivity index (χ0) is 13.3. The zero-order valence-corrected chi connectivity index (χ0v) is 9.40. The predicted molar refractivity (Wildman–Crippen MR) is 60.0 cm³/mol. The number of carboxylic acids is 1. The molecule has 0 amide bonds. The molecule has 0 saturated heterocycles. The van der Waals surface area contributed by atoms with Crippen LogP contribution in [0.1, 0.15) is 10.5 Å². The van der Waals surface area contributed by atoms with E-state index in [1.165, 1.54) is 29.1 Å². The van der Waals surface area contributed by atoms with Gasteiger partial charge in [0.25, 0.3) is 5.69 Å². The Morgan fingerprint density at radius 2 is 2.22 bits per heavy atom. The molecule has 0 saturated carbocycles. The molecule has 1 aromatic heterocycles. The molecule has 0 aliphatic rings. The summed E-state index contributed by atoms with van der Waals surface area (Å²) in [6, 6.07) is 3.91. The molecular weight excluding hydrogens is 264 g/mol. The van der Waals surface area contributed by atoms with Crippen LogP contribution in [-0.4, -0.2) is 31.0 Å². The first-order valence-electron chi connectivity index (χ1n) is 4.59. The summed E-state index contributed by atoms with van der Waals surface area (Å²) in [5.74, 6) is -1.21. The van der Waals surface area contributed by atoms with E-state index in [-0.39, 0.29) is 16.4 Å². The summed E-state index contributed by atoms with van der Waals surface area (Å²) in [5, 5.41) is 26.2. The standard InChI is InChI=1S/C9H5ClN4O4/c10-6-3-5(1-2-8(6)14(17)18)13-4-7(9(15)16)11-12-13/h1-4H,(H,15,16). The minimum Gasteiger partial charge on any atom is -0.476 e. The number of hydrogen-bond acceptors (Lipinski definition) is 5. The van der Waals surface area contributed by atoms with E-state index in [1.54, 1.807) is 0 Å². The summed E-state index contributed by atoms with van der Waals surface area (Å²) in [6.07, 6.45) is 1.18. The number of nitro groups is 1. The number of nitro benzene ring substituents is 1. The highest BCUT2D eigenvalue weighted by atomic mass is 35.5.